The number of hydrogen-bond donors (Lipinski definition) is 1. The van der Waals surface area contributed by atoms with Crippen LogP contribution in [0.5, 0.6) is 0 Å². The highest BCUT2D eigenvalue weighted by atomic mass is 32.2. The van der Waals surface area contributed by atoms with Crippen molar-refractivity contribution in [2.24, 2.45) is 0 Å². The van der Waals surface area contributed by atoms with Crippen LogP contribution in [0.3, 0.4) is 0 Å². The normalized spacial score (nSPS) is 25.7. The minimum Gasteiger partial charge on any atom is -0.310 e. The van der Waals surface area contributed by atoms with Gasteiger partial charge in [0.2, 0.25) is 0 Å². The molecule has 0 aliphatic heterocycles. The summed E-state index contributed by atoms with van der Waals surface area (Å²) in [6, 6.07) is 7.86. The number of aryl methyl sites for hydroxylation is 2. The van der Waals surface area contributed by atoms with Gasteiger partial charge in [-0.2, -0.15) is 11.8 Å². The Kier molecular flexibility index (Phi) is 4.49. The van der Waals surface area contributed by atoms with Gasteiger partial charge in [-0.05, 0) is 61.0 Å². The highest BCUT2D eigenvalue weighted by molar-refractivity contribution is 7.99. The molecule has 3 rings (SSSR count). The van der Waals surface area contributed by atoms with E-state index in [1.165, 1.54) is 49.8 Å². The first-order valence-electron chi connectivity index (χ1n) is 7.81. The minimum atomic E-state index is 0.748. The van der Waals surface area contributed by atoms with Gasteiger partial charge < -0.3 is 5.32 Å². The van der Waals surface area contributed by atoms with Gasteiger partial charge in [-0.15, -0.1) is 0 Å². The van der Waals surface area contributed by atoms with Gasteiger partial charge in [0, 0.05) is 17.8 Å². The predicted octanol–water partition coefficient (Wildman–Crippen LogP) is 3.94. The molecule has 1 nitrogen and oxygen atoms in total. The van der Waals surface area contributed by atoms with E-state index in [0.717, 1.165) is 17.8 Å². The van der Waals surface area contributed by atoms with Crippen LogP contribution in [0.15, 0.2) is 18.2 Å². The largest absolute Gasteiger partial charge is 0.310 e. The van der Waals surface area contributed by atoms with E-state index in [2.05, 4.69) is 42.2 Å². The summed E-state index contributed by atoms with van der Waals surface area (Å²) in [6.45, 7) is 3.33. The van der Waals surface area contributed by atoms with Crippen molar-refractivity contribution < 1.29 is 0 Å². The molecule has 2 aliphatic rings. The number of benzene rings is 1. The lowest BCUT2D eigenvalue weighted by Gasteiger charge is -2.13. The van der Waals surface area contributed by atoms with Crippen molar-refractivity contribution in [3.8, 4) is 0 Å². The molecule has 2 heteroatoms. The molecule has 0 aromatic heterocycles. The van der Waals surface area contributed by atoms with Gasteiger partial charge in [-0.25, -0.2) is 0 Å². The second-order valence-corrected chi connectivity index (χ2v) is 7.50. The Hall–Kier alpha value is -0.470. The molecule has 1 aromatic carbocycles. The van der Waals surface area contributed by atoms with Crippen LogP contribution in [0.4, 0.5) is 0 Å². The lowest BCUT2D eigenvalue weighted by molar-refractivity contribution is 0.525. The zero-order valence-electron chi connectivity index (χ0n) is 12.0. The van der Waals surface area contributed by atoms with E-state index < -0.39 is 0 Å². The summed E-state index contributed by atoms with van der Waals surface area (Å²) in [4.78, 5) is 0. The number of thioether (sulfide) groups is 1. The highest BCUT2D eigenvalue weighted by Gasteiger charge is 2.23. The zero-order valence-corrected chi connectivity index (χ0v) is 12.8. The van der Waals surface area contributed by atoms with Crippen LogP contribution in [0.25, 0.3) is 0 Å². The Bertz CT molecular complexity index is 429. The third kappa shape index (κ3) is 3.35. The monoisotopic (exact) mass is 275 g/mol. The molecule has 1 N–H and O–H groups in total. The average Bonchev–Trinajstić information content (AvgIpc) is 3.04. The van der Waals surface area contributed by atoms with E-state index in [-0.39, 0.29) is 0 Å². The van der Waals surface area contributed by atoms with Crippen LogP contribution in [-0.2, 0) is 19.4 Å². The van der Waals surface area contributed by atoms with Gasteiger partial charge in [0.1, 0.15) is 0 Å². The number of fused-ring (bicyclic) bond motifs is 1. The Morgan fingerprint density at radius 1 is 1.21 bits per heavy atom. The first-order chi connectivity index (χ1) is 9.35. The molecule has 1 saturated carbocycles. The first-order valence-corrected chi connectivity index (χ1v) is 8.85. The summed E-state index contributed by atoms with van der Waals surface area (Å²) >= 11 is 2.14. The molecule has 2 atom stereocenters. The Balaban J connectivity index is 1.50. The number of hydrogen-bond acceptors (Lipinski definition) is 2. The van der Waals surface area contributed by atoms with E-state index in [9.17, 15) is 0 Å². The molecule has 1 fully saturated rings. The molecule has 2 unspecified atom stereocenters. The van der Waals surface area contributed by atoms with E-state index >= 15 is 0 Å². The standard InChI is InChI=1S/C17H25NS/c1-2-19-17-9-8-16(11-17)18-12-13-6-7-14-4-3-5-15(14)10-13/h6-7,10,16-18H,2-5,8-9,11-12H2,1H3. The molecular weight excluding hydrogens is 250 g/mol. The number of rotatable bonds is 5. The van der Waals surface area contributed by atoms with E-state index in [0.29, 0.717) is 0 Å². The molecule has 1 aromatic rings. The van der Waals surface area contributed by atoms with E-state index in [1.807, 2.05) is 0 Å². The van der Waals surface area contributed by atoms with Crippen LogP contribution in [-0.4, -0.2) is 17.0 Å². The molecule has 0 radical (unpaired) electrons. The molecule has 19 heavy (non-hydrogen) atoms. The molecule has 0 saturated heterocycles. The van der Waals surface area contributed by atoms with Crippen molar-refractivity contribution in [3.05, 3.63) is 34.9 Å². The summed E-state index contributed by atoms with van der Waals surface area (Å²) < 4.78 is 0. The van der Waals surface area contributed by atoms with Gasteiger partial charge in [0.15, 0.2) is 0 Å². The highest BCUT2D eigenvalue weighted by Crippen LogP contribution is 2.30. The molecule has 0 amide bonds. The zero-order chi connectivity index (χ0) is 13.1. The summed E-state index contributed by atoms with van der Waals surface area (Å²) in [5.74, 6) is 1.27. The Labute approximate surface area is 121 Å². The van der Waals surface area contributed by atoms with E-state index in [4.69, 9.17) is 0 Å². The van der Waals surface area contributed by atoms with Crippen molar-refractivity contribution in [1.82, 2.24) is 5.32 Å². The quantitative estimate of drug-likeness (QED) is 0.873. The van der Waals surface area contributed by atoms with Crippen LogP contribution < -0.4 is 5.32 Å². The maximum Gasteiger partial charge on any atom is 0.0208 e. The topological polar surface area (TPSA) is 12.0 Å². The van der Waals surface area contributed by atoms with Crippen LogP contribution in [0.2, 0.25) is 0 Å². The summed E-state index contributed by atoms with van der Waals surface area (Å²) in [7, 11) is 0. The van der Waals surface area contributed by atoms with Crippen LogP contribution in [0.1, 0.15) is 49.3 Å². The summed E-state index contributed by atoms with van der Waals surface area (Å²) in [5, 5.41) is 4.67. The van der Waals surface area contributed by atoms with Gasteiger partial charge in [0.05, 0.1) is 0 Å². The third-order valence-electron chi connectivity index (χ3n) is 4.54. The number of nitrogens with one attached hydrogen (secondary N) is 1. The smallest absolute Gasteiger partial charge is 0.0208 e. The van der Waals surface area contributed by atoms with Crippen LogP contribution in [0, 0.1) is 0 Å². The second kappa shape index (κ2) is 6.32. The van der Waals surface area contributed by atoms with Crippen molar-refractivity contribution in [1.29, 1.82) is 0 Å². The average molecular weight is 275 g/mol. The lowest BCUT2D eigenvalue weighted by atomic mass is 10.1. The fourth-order valence-corrected chi connectivity index (χ4v) is 4.65. The summed E-state index contributed by atoms with van der Waals surface area (Å²) in [5.41, 5.74) is 4.67. The fourth-order valence-electron chi connectivity index (χ4n) is 3.51. The van der Waals surface area contributed by atoms with Gasteiger partial charge in [-0.3, -0.25) is 0 Å². The molecular formula is C17H25NS. The minimum absolute atomic E-state index is 0.748. The van der Waals surface area contributed by atoms with Crippen molar-refractivity contribution in [2.45, 2.75) is 63.3 Å². The maximum atomic E-state index is 3.76. The van der Waals surface area contributed by atoms with Crippen molar-refractivity contribution >= 4 is 11.8 Å². The molecule has 0 heterocycles. The van der Waals surface area contributed by atoms with Crippen LogP contribution >= 0.6 is 11.8 Å². The maximum absolute atomic E-state index is 3.76. The van der Waals surface area contributed by atoms with E-state index in [1.54, 1.807) is 11.1 Å². The lowest BCUT2D eigenvalue weighted by Crippen LogP contribution is -2.26. The third-order valence-corrected chi connectivity index (χ3v) is 5.78. The van der Waals surface area contributed by atoms with Gasteiger partial charge in [0.25, 0.3) is 0 Å². The Morgan fingerprint density at radius 2 is 2.11 bits per heavy atom. The predicted molar refractivity (Wildman–Crippen MR) is 84.9 cm³/mol. The molecule has 0 spiro atoms. The fraction of sp³-hybridized carbons (Fsp3) is 0.647. The summed E-state index contributed by atoms with van der Waals surface area (Å²) in [6.07, 6.45) is 8.07. The molecule has 0 bridgehead atoms. The van der Waals surface area contributed by atoms with Crippen molar-refractivity contribution in [2.75, 3.05) is 5.75 Å². The second-order valence-electron chi connectivity index (χ2n) is 5.92. The van der Waals surface area contributed by atoms with Gasteiger partial charge >= 0.3 is 0 Å². The molecule has 104 valence electrons. The first kappa shape index (κ1) is 13.5. The van der Waals surface area contributed by atoms with Crippen molar-refractivity contribution in [3.63, 3.8) is 0 Å². The SMILES string of the molecule is CCSC1CCC(NCc2ccc3c(c2)CCC3)C1. The molecule has 2 aliphatic carbocycles. The van der Waals surface area contributed by atoms with Gasteiger partial charge in [-0.1, -0.05) is 25.1 Å². The Morgan fingerprint density at radius 3 is 3.00 bits per heavy atom.